The van der Waals surface area contributed by atoms with E-state index in [1.807, 2.05) is 0 Å². The summed E-state index contributed by atoms with van der Waals surface area (Å²) in [5, 5.41) is 0. The molecule has 0 bridgehead atoms. The highest BCUT2D eigenvalue weighted by Gasteiger charge is 2.23. The molecular weight excluding hydrogens is 200 g/mol. The van der Waals surface area contributed by atoms with Crippen LogP contribution < -0.4 is 4.90 Å². The highest BCUT2D eigenvalue weighted by molar-refractivity contribution is 5.92. The van der Waals surface area contributed by atoms with Gasteiger partial charge in [-0.3, -0.25) is 4.79 Å². The Morgan fingerprint density at radius 3 is 2.80 bits per heavy atom. The first-order chi connectivity index (χ1) is 7.09. The quantitative estimate of drug-likeness (QED) is 0.644. The van der Waals surface area contributed by atoms with Crippen molar-refractivity contribution >= 4 is 11.6 Å². The molecular formula is C11H11F2NO. The third-order valence-corrected chi connectivity index (χ3v) is 2.62. The maximum Gasteiger partial charge on any atom is 0.223 e. The maximum atomic E-state index is 13.4. The number of hydrogen-bond acceptors (Lipinski definition) is 1. The van der Waals surface area contributed by atoms with Crippen molar-refractivity contribution < 1.29 is 13.6 Å². The van der Waals surface area contributed by atoms with E-state index in [1.54, 1.807) is 0 Å². The minimum atomic E-state index is -0.639. The van der Waals surface area contributed by atoms with Gasteiger partial charge in [0.15, 0.2) is 0 Å². The Labute approximate surface area is 86.5 Å². The second kappa shape index (κ2) is 3.61. The zero-order valence-corrected chi connectivity index (χ0v) is 8.39. The molecule has 1 aliphatic heterocycles. The minimum absolute atomic E-state index is 0.180. The van der Waals surface area contributed by atoms with Gasteiger partial charge >= 0.3 is 0 Å². The average molecular weight is 211 g/mol. The Hall–Kier alpha value is -1.45. The Morgan fingerprint density at radius 1 is 1.40 bits per heavy atom. The first-order valence-electron chi connectivity index (χ1n) is 4.85. The van der Waals surface area contributed by atoms with Crippen molar-refractivity contribution in [2.75, 3.05) is 11.4 Å². The molecule has 0 aliphatic carbocycles. The van der Waals surface area contributed by atoms with Gasteiger partial charge in [-0.2, -0.15) is 0 Å². The number of rotatable bonds is 0. The number of halogens is 2. The summed E-state index contributed by atoms with van der Waals surface area (Å²) >= 11 is 0. The molecule has 1 aromatic carbocycles. The number of carbonyl (C=O) groups is 1. The van der Waals surface area contributed by atoms with E-state index in [0.717, 1.165) is 12.5 Å². The molecule has 15 heavy (non-hydrogen) atoms. The second-order valence-electron chi connectivity index (χ2n) is 3.66. The Morgan fingerprint density at radius 2 is 2.13 bits per heavy atom. The van der Waals surface area contributed by atoms with E-state index in [2.05, 4.69) is 0 Å². The van der Waals surface area contributed by atoms with E-state index in [9.17, 15) is 13.6 Å². The monoisotopic (exact) mass is 211 g/mol. The van der Waals surface area contributed by atoms with Gasteiger partial charge < -0.3 is 4.90 Å². The smallest absolute Gasteiger partial charge is 0.223 e. The Bertz CT molecular complexity index is 417. The number of carbonyl (C=O) groups excluding carboxylic acids is 1. The maximum absolute atomic E-state index is 13.4. The van der Waals surface area contributed by atoms with Crippen LogP contribution in [0.5, 0.6) is 0 Å². The zero-order valence-electron chi connectivity index (χ0n) is 8.39. The van der Waals surface area contributed by atoms with Crippen molar-refractivity contribution in [1.82, 2.24) is 0 Å². The summed E-state index contributed by atoms with van der Waals surface area (Å²) in [5.74, 6) is -1.38. The molecule has 4 heteroatoms. The highest BCUT2D eigenvalue weighted by atomic mass is 19.1. The zero-order chi connectivity index (χ0) is 11.0. The van der Waals surface area contributed by atoms with Crippen molar-refractivity contribution in [1.29, 1.82) is 0 Å². The first kappa shape index (κ1) is 10.1. The SMILES string of the molecule is CC(=O)N1CCCc2c(F)cc(F)cc21. The van der Waals surface area contributed by atoms with Crippen molar-refractivity contribution in [3.05, 3.63) is 29.3 Å². The largest absolute Gasteiger partial charge is 0.312 e. The lowest BCUT2D eigenvalue weighted by Crippen LogP contribution is -2.34. The highest BCUT2D eigenvalue weighted by Crippen LogP contribution is 2.30. The predicted molar refractivity (Wildman–Crippen MR) is 52.7 cm³/mol. The van der Waals surface area contributed by atoms with Gasteiger partial charge in [-0.05, 0) is 18.9 Å². The van der Waals surface area contributed by atoms with Gasteiger partial charge in [0.05, 0.1) is 5.69 Å². The molecule has 0 fully saturated rings. The fraction of sp³-hybridized carbons (Fsp3) is 0.364. The molecule has 0 saturated carbocycles. The first-order valence-corrected chi connectivity index (χ1v) is 4.85. The summed E-state index contributed by atoms with van der Waals surface area (Å²) in [6.07, 6.45) is 1.28. The standard InChI is InChI=1S/C11H11F2NO/c1-7(15)14-4-2-3-9-10(13)5-8(12)6-11(9)14/h5-6H,2-4H2,1H3. The predicted octanol–water partition coefficient (Wildman–Crippen LogP) is 2.26. The number of hydrogen-bond donors (Lipinski definition) is 0. The van der Waals surface area contributed by atoms with Gasteiger partial charge in [0.1, 0.15) is 11.6 Å². The average Bonchev–Trinajstić information content (AvgIpc) is 2.16. The van der Waals surface area contributed by atoms with Crippen LogP contribution in [0.25, 0.3) is 0 Å². The molecule has 80 valence electrons. The van der Waals surface area contributed by atoms with Gasteiger partial charge in [0.2, 0.25) is 5.91 Å². The summed E-state index contributed by atoms with van der Waals surface area (Å²) in [7, 11) is 0. The van der Waals surface area contributed by atoms with E-state index in [-0.39, 0.29) is 5.91 Å². The van der Waals surface area contributed by atoms with Gasteiger partial charge in [-0.15, -0.1) is 0 Å². The van der Waals surface area contributed by atoms with Crippen molar-refractivity contribution in [3.63, 3.8) is 0 Å². The van der Waals surface area contributed by atoms with E-state index in [0.29, 0.717) is 24.2 Å². The van der Waals surface area contributed by atoms with Crippen molar-refractivity contribution in [3.8, 4) is 0 Å². The second-order valence-corrected chi connectivity index (χ2v) is 3.66. The third kappa shape index (κ3) is 1.71. The fourth-order valence-electron chi connectivity index (χ4n) is 1.94. The van der Waals surface area contributed by atoms with E-state index in [4.69, 9.17) is 0 Å². The van der Waals surface area contributed by atoms with Crippen LogP contribution in [0.4, 0.5) is 14.5 Å². The molecule has 2 nitrogen and oxygen atoms in total. The molecule has 0 aromatic heterocycles. The van der Waals surface area contributed by atoms with Crippen LogP contribution in [0.3, 0.4) is 0 Å². The van der Waals surface area contributed by atoms with Gasteiger partial charge in [0, 0.05) is 25.1 Å². The molecule has 1 heterocycles. The molecule has 0 N–H and O–H groups in total. The molecule has 0 atom stereocenters. The molecule has 1 amide bonds. The van der Waals surface area contributed by atoms with Crippen molar-refractivity contribution in [2.24, 2.45) is 0 Å². The van der Waals surface area contributed by atoms with Gasteiger partial charge in [-0.1, -0.05) is 0 Å². The van der Waals surface area contributed by atoms with E-state index in [1.165, 1.54) is 17.9 Å². The Kier molecular flexibility index (Phi) is 2.42. The lowest BCUT2D eigenvalue weighted by Gasteiger charge is -2.28. The normalized spacial score (nSPS) is 15.0. The molecule has 0 unspecified atom stereocenters. The summed E-state index contributed by atoms with van der Waals surface area (Å²) in [6, 6.07) is 2.08. The van der Waals surface area contributed by atoms with E-state index < -0.39 is 11.6 Å². The summed E-state index contributed by atoms with van der Waals surface area (Å²) in [5.41, 5.74) is 0.823. The lowest BCUT2D eigenvalue weighted by atomic mass is 10.0. The van der Waals surface area contributed by atoms with Crippen LogP contribution in [-0.2, 0) is 11.2 Å². The number of fused-ring (bicyclic) bond motifs is 1. The van der Waals surface area contributed by atoms with Crippen LogP contribution in [0.2, 0.25) is 0 Å². The summed E-state index contributed by atoms with van der Waals surface area (Å²) in [4.78, 5) is 12.7. The molecule has 0 saturated heterocycles. The number of amides is 1. The summed E-state index contributed by atoms with van der Waals surface area (Å²) < 4.78 is 26.4. The number of nitrogens with zero attached hydrogens (tertiary/aromatic N) is 1. The molecule has 2 rings (SSSR count). The Balaban J connectivity index is 2.55. The van der Waals surface area contributed by atoms with Crippen LogP contribution in [0, 0.1) is 11.6 Å². The lowest BCUT2D eigenvalue weighted by molar-refractivity contribution is -0.116. The molecule has 0 radical (unpaired) electrons. The summed E-state index contributed by atoms with van der Waals surface area (Å²) in [6.45, 7) is 1.93. The van der Waals surface area contributed by atoms with Crippen LogP contribution in [0.15, 0.2) is 12.1 Å². The number of anilines is 1. The van der Waals surface area contributed by atoms with Crippen molar-refractivity contribution in [2.45, 2.75) is 19.8 Å². The van der Waals surface area contributed by atoms with E-state index >= 15 is 0 Å². The van der Waals surface area contributed by atoms with Crippen LogP contribution in [0.1, 0.15) is 18.9 Å². The fourth-order valence-corrected chi connectivity index (χ4v) is 1.94. The van der Waals surface area contributed by atoms with Crippen LogP contribution >= 0.6 is 0 Å². The molecule has 0 spiro atoms. The molecule has 1 aliphatic rings. The minimum Gasteiger partial charge on any atom is -0.312 e. The number of benzene rings is 1. The topological polar surface area (TPSA) is 20.3 Å². The van der Waals surface area contributed by atoms with Crippen LogP contribution in [-0.4, -0.2) is 12.5 Å². The van der Waals surface area contributed by atoms with Gasteiger partial charge in [0.25, 0.3) is 0 Å². The molecule has 1 aromatic rings. The third-order valence-electron chi connectivity index (χ3n) is 2.62. The van der Waals surface area contributed by atoms with Gasteiger partial charge in [-0.25, -0.2) is 8.78 Å².